The lowest BCUT2D eigenvalue weighted by Gasteiger charge is -2.05. The number of nitrogens with one attached hydrogen (secondary N) is 2. The van der Waals surface area contributed by atoms with Crippen LogP contribution in [0.25, 0.3) is 0 Å². The number of hydrogen-bond donors (Lipinski definition) is 2. The van der Waals surface area contributed by atoms with Crippen molar-refractivity contribution in [2.24, 2.45) is 0 Å². The Labute approximate surface area is 116 Å². The Morgan fingerprint density at radius 1 is 1.15 bits per heavy atom. The van der Waals surface area contributed by atoms with Crippen molar-refractivity contribution in [1.82, 2.24) is 10.5 Å². The van der Waals surface area contributed by atoms with Crippen molar-refractivity contribution in [3.8, 4) is 0 Å². The summed E-state index contributed by atoms with van der Waals surface area (Å²) in [6.07, 6.45) is 0. The monoisotopic (exact) mass is 273 g/mol. The summed E-state index contributed by atoms with van der Waals surface area (Å²) in [5, 5.41) is 8.47. The van der Waals surface area contributed by atoms with Gasteiger partial charge in [0.25, 0.3) is 0 Å². The van der Waals surface area contributed by atoms with Crippen LogP contribution in [0.2, 0.25) is 0 Å². The molecule has 2 N–H and O–H groups in total. The van der Waals surface area contributed by atoms with Crippen LogP contribution >= 0.6 is 0 Å². The fraction of sp³-hybridized carbons (Fsp3) is 0.214. The standard InChI is InChI=1S/C14H15N3O3/c1-9-3-5-11(6-4-9)8-15-13(18)14(19)16-12-7-10(2)20-17-12/h3-7H,8H2,1-2H3,(H,15,18)(H,16,17,19). The Kier molecular flexibility index (Phi) is 4.14. The molecule has 0 spiro atoms. The van der Waals surface area contributed by atoms with E-state index in [1.165, 1.54) is 6.07 Å². The van der Waals surface area contributed by atoms with Gasteiger partial charge in [-0.05, 0) is 19.4 Å². The molecule has 0 saturated heterocycles. The van der Waals surface area contributed by atoms with Crippen LogP contribution in [0.1, 0.15) is 16.9 Å². The molecular weight excluding hydrogens is 258 g/mol. The van der Waals surface area contributed by atoms with Crippen LogP contribution in [0, 0.1) is 13.8 Å². The van der Waals surface area contributed by atoms with Crippen LogP contribution in [-0.2, 0) is 16.1 Å². The van der Waals surface area contributed by atoms with Gasteiger partial charge in [0.05, 0.1) is 0 Å². The van der Waals surface area contributed by atoms with E-state index in [9.17, 15) is 9.59 Å². The third-order valence-electron chi connectivity index (χ3n) is 2.65. The summed E-state index contributed by atoms with van der Waals surface area (Å²) in [7, 11) is 0. The lowest BCUT2D eigenvalue weighted by molar-refractivity contribution is -0.136. The van der Waals surface area contributed by atoms with E-state index in [0.717, 1.165) is 11.1 Å². The molecule has 0 aliphatic rings. The molecule has 6 heteroatoms. The predicted octanol–water partition coefficient (Wildman–Crippen LogP) is 1.55. The second-order valence-corrected chi connectivity index (χ2v) is 4.45. The van der Waals surface area contributed by atoms with Crippen molar-refractivity contribution in [2.75, 3.05) is 5.32 Å². The first kappa shape index (κ1) is 13.8. The van der Waals surface area contributed by atoms with E-state index in [4.69, 9.17) is 4.52 Å². The first-order valence-corrected chi connectivity index (χ1v) is 6.12. The number of amides is 2. The fourth-order valence-corrected chi connectivity index (χ4v) is 1.57. The highest BCUT2D eigenvalue weighted by Gasteiger charge is 2.14. The van der Waals surface area contributed by atoms with E-state index in [1.807, 2.05) is 31.2 Å². The number of hydrogen-bond acceptors (Lipinski definition) is 4. The molecule has 1 aromatic heterocycles. The smallest absolute Gasteiger partial charge is 0.314 e. The van der Waals surface area contributed by atoms with Crippen LogP contribution in [0.4, 0.5) is 5.82 Å². The molecular formula is C14H15N3O3. The average Bonchev–Trinajstić information content (AvgIpc) is 2.83. The number of benzene rings is 1. The van der Waals surface area contributed by atoms with Crippen molar-refractivity contribution in [3.05, 3.63) is 47.2 Å². The SMILES string of the molecule is Cc1ccc(CNC(=O)C(=O)Nc2cc(C)on2)cc1. The zero-order valence-corrected chi connectivity index (χ0v) is 11.3. The Balaban J connectivity index is 1.85. The lowest BCUT2D eigenvalue weighted by Crippen LogP contribution is -2.35. The van der Waals surface area contributed by atoms with Gasteiger partial charge in [-0.2, -0.15) is 0 Å². The minimum atomic E-state index is -0.773. The second kappa shape index (κ2) is 6.01. The molecule has 6 nitrogen and oxygen atoms in total. The molecule has 1 heterocycles. The zero-order valence-electron chi connectivity index (χ0n) is 11.3. The third kappa shape index (κ3) is 3.68. The molecule has 2 amide bonds. The number of nitrogens with zero attached hydrogens (tertiary/aromatic N) is 1. The Hall–Kier alpha value is -2.63. The summed E-state index contributed by atoms with van der Waals surface area (Å²) in [5.74, 6) is -0.713. The molecule has 2 aromatic rings. The van der Waals surface area contributed by atoms with Crippen molar-refractivity contribution < 1.29 is 14.1 Å². The van der Waals surface area contributed by atoms with E-state index in [1.54, 1.807) is 6.92 Å². The summed E-state index contributed by atoms with van der Waals surface area (Å²) in [6, 6.07) is 9.22. The molecule has 20 heavy (non-hydrogen) atoms. The molecule has 0 atom stereocenters. The topological polar surface area (TPSA) is 84.2 Å². The minimum Gasteiger partial charge on any atom is -0.360 e. The maximum atomic E-state index is 11.6. The van der Waals surface area contributed by atoms with Gasteiger partial charge in [0.15, 0.2) is 5.82 Å². The fourth-order valence-electron chi connectivity index (χ4n) is 1.57. The van der Waals surface area contributed by atoms with E-state index in [0.29, 0.717) is 12.3 Å². The van der Waals surface area contributed by atoms with Gasteiger partial charge < -0.3 is 9.84 Å². The summed E-state index contributed by atoms with van der Waals surface area (Å²) in [5.41, 5.74) is 2.06. The molecule has 0 saturated carbocycles. The van der Waals surface area contributed by atoms with Crippen LogP contribution in [-0.4, -0.2) is 17.0 Å². The van der Waals surface area contributed by atoms with Gasteiger partial charge >= 0.3 is 11.8 Å². The molecule has 2 rings (SSSR count). The van der Waals surface area contributed by atoms with Gasteiger partial charge in [0, 0.05) is 12.6 Å². The largest absolute Gasteiger partial charge is 0.360 e. The zero-order chi connectivity index (χ0) is 14.5. The third-order valence-corrected chi connectivity index (χ3v) is 2.65. The van der Waals surface area contributed by atoms with Crippen LogP contribution in [0.15, 0.2) is 34.9 Å². The van der Waals surface area contributed by atoms with Gasteiger partial charge in [-0.15, -0.1) is 0 Å². The molecule has 0 aliphatic heterocycles. The Morgan fingerprint density at radius 3 is 2.45 bits per heavy atom. The van der Waals surface area contributed by atoms with Crippen molar-refractivity contribution in [3.63, 3.8) is 0 Å². The number of rotatable bonds is 3. The van der Waals surface area contributed by atoms with Crippen molar-refractivity contribution >= 4 is 17.6 Å². The Morgan fingerprint density at radius 2 is 1.85 bits per heavy atom. The molecule has 104 valence electrons. The lowest BCUT2D eigenvalue weighted by atomic mass is 10.1. The maximum absolute atomic E-state index is 11.6. The first-order valence-electron chi connectivity index (χ1n) is 6.12. The van der Waals surface area contributed by atoms with E-state index < -0.39 is 11.8 Å². The quantitative estimate of drug-likeness (QED) is 0.831. The highest BCUT2D eigenvalue weighted by atomic mass is 16.5. The van der Waals surface area contributed by atoms with Crippen LogP contribution in [0.3, 0.4) is 0 Å². The van der Waals surface area contributed by atoms with Gasteiger partial charge in [-0.1, -0.05) is 35.0 Å². The van der Waals surface area contributed by atoms with Crippen molar-refractivity contribution in [1.29, 1.82) is 0 Å². The minimum absolute atomic E-state index is 0.220. The number of anilines is 1. The van der Waals surface area contributed by atoms with Crippen LogP contribution in [0.5, 0.6) is 0 Å². The normalized spacial score (nSPS) is 10.1. The van der Waals surface area contributed by atoms with Gasteiger partial charge in [-0.3, -0.25) is 14.9 Å². The summed E-state index contributed by atoms with van der Waals surface area (Å²) >= 11 is 0. The van der Waals surface area contributed by atoms with Gasteiger partial charge in [0.2, 0.25) is 0 Å². The average molecular weight is 273 g/mol. The summed E-state index contributed by atoms with van der Waals surface area (Å²) in [4.78, 5) is 23.2. The number of carbonyl (C=O) groups is 2. The Bertz CT molecular complexity index is 617. The number of aryl methyl sites for hydroxylation is 2. The predicted molar refractivity (Wildman–Crippen MR) is 72.9 cm³/mol. The summed E-state index contributed by atoms with van der Waals surface area (Å²) < 4.78 is 4.79. The molecule has 0 fully saturated rings. The molecule has 0 aliphatic carbocycles. The van der Waals surface area contributed by atoms with Gasteiger partial charge in [-0.25, -0.2) is 0 Å². The summed E-state index contributed by atoms with van der Waals surface area (Å²) in [6.45, 7) is 3.97. The highest BCUT2D eigenvalue weighted by molar-refractivity contribution is 6.39. The van der Waals surface area contributed by atoms with Gasteiger partial charge in [0.1, 0.15) is 5.76 Å². The van der Waals surface area contributed by atoms with E-state index in [2.05, 4.69) is 15.8 Å². The molecule has 0 unspecified atom stereocenters. The van der Waals surface area contributed by atoms with Crippen LogP contribution < -0.4 is 10.6 Å². The second-order valence-electron chi connectivity index (χ2n) is 4.45. The van der Waals surface area contributed by atoms with E-state index in [-0.39, 0.29) is 5.82 Å². The molecule has 0 radical (unpaired) electrons. The first-order chi connectivity index (χ1) is 9.54. The maximum Gasteiger partial charge on any atom is 0.314 e. The van der Waals surface area contributed by atoms with E-state index >= 15 is 0 Å². The van der Waals surface area contributed by atoms with Crippen molar-refractivity contribution in [2.45, 2.75) is 20.4 Å². The molecule has 1 aromatic carbocycles. The number of aromatic nitrogens is 1. The number of carbonyl (C=O) groups excluding carboxylic acids is 2. The highest BCUT2D eigenvalue weighted by Crippen LogP contribution is 2.06. The molecule has 0 bridgehead atoms.